The van der Waals surface area contributed by atoms with Gasteiger partial charge in [-0.15, -0.1) is 0 Å². The molecule has 3 aromatic rings. The van der Waals surface area contributed by atoms with E-state index in [2.05, 4.69) is 41.2 Å². The van der Waals surface area contributed by atoms with Gasteiger partial charge in [-0.2, -0.15) is 0 Å². The Hall–Kier alpha value is -3.68. The Labute approximate surface area is 222 Å². The number of allylic oxidation sites excluding steroid dienone is 1. The summed E-state index contributed by atoms with van der Waals surface area (Å²) in [7, 11) is 1.78. The summed E-state index contributed by atoms with van der Waals surface area (Å²) in [5.41, 5.74) is 7.61. The van der Waals surface area contributed by atoms with Crippen molar-refractivity contribution in [3.8, 4) is 11.1 Å². The molecule has 1 aromatic carbocycles. The number of anilines is 1. The molecule has 7 nitrogen and oxygen atoms in total. The third kappa shape index (κ3) is 6.76. The highest BCUT2D eigenvalue weighted by atomic mass is 35.5. The molecule has 0 saturated heterocycles. The lowest BCUT2D eigenvalue weighted by molar-refractivity contribution is 0.0373. The minimum atomic E-state index is -0.538. The molecule has 2 N–H and O–H groups in total. The van der Waals surface area contributed by atoms with Gasteiger partial charge in [0, 0.05) is 30.1 Å². The number of nitrogens with zero attached hydrogens (tertiary/aromatic N) is 3. The highest BCUT2D eigenvalue weighted by molar-refractivity contribution is 6.29. The standard InChI is InChI=1S/C26H26ClN5O2.C3H8/c1-6-17-12-21(25(33)32(5)22(17)11-15(2)3)20-13-19(9-7-16(20)4)29-26-30-24(34-31-26)18-8-10-23(27)28-14-18;1-3-2/h6-14,24H,2H2,1,3-5H3,(H2,29,30,31);3H2,1-2H3/b17-6-,22-11+;. The highest BCUT2D eigenvalue weighted by Gasteiger charge is 2.20. The van der Waals surface area contributed by atoms with Crippen LogP contribution in [-0.2, 0) is 11.9 Å². The molecule has 0 saturated carbocycles. The van der Waals surface area contributed by atoms with Crippen LogP contribution < -0.4 is 26.9 Å². The molecular weight excluding hydrogens is 486 g/mol. The Bertz CT molecular complexity index is 1490. The maximum atomic E-state index is 13.3. The summed E-state index contributed by atoms with van der Waals surface area (Å²) in [6.07, 6.45) is 6.25. The molecule has 1 unspecified atom stereocenters. The fourth-order valence-electron chi connectivity index (χ4n) is 3.75. The summed E-state index contributed by atoms with van der Waals surface area (Å²) >= 11 is 5.86. The maximum absolute atomic E-state index is 13.3. The van der Waals surface area contributed by atoms with Gasteiger partial charge >= 0.3 is 0 Å². The van der Waals surface area contributed by atoms with E-state index in [0.29, 0.717) is 16.7 Å². The van der Waals surface area contributed by atoms with E-state index in [1.54, 1.807) is 23.9 Å². The zero-order valence-corrected chi connectivity index (χ0v) is 23.0. The molecule has 1 atom stereocenters. The number of pyridine rings is 2. The highest BCUT2D eigenvalue weighted by Crippen LogP contribution is 2.25. The van der Waals surface area contributed by atoms with E-state index in [4.69, 9.17) is 16.4 Å². The summed E-state index contributed by atoms with van der Waals surface area (Å²) < 4.78 is 1.67. The second-order valence-corrected chi connectivity index (χ2v) is 9.26. The second kappa shape index (κ2) is 12.5. The number of halogens is 1. The number of hydroxylamine groups is 1. The van der Waals surface area contributed by atoms with Crippen LogP contribution in [0.5, 0.6) is 0 Å². The van der Waals surface area contributed by atoms with Crippen LogP contribution in [0.3, 0.4) is 0 Å². The second-order valence-electron chi connectivity index (χ2n) is 8.87. The predicted octanol–water partition coefficient (Wildman–Crippen LogP) is 4.98. The fraction of sp³-hybridized carbons (Fsp3) is 0.276. The van der Waals surface area contributed by atoms with Crippen molar-refractivity contribution >= 4 is 35.4 Å². The minimum Gasteiger partial charge on any atom is -0.325 e. The monoisotopic (exact) mass is 519 g/mol. The van der Waals surface area contributed by atoms with Gasteiger partial charge in [-0.25, -0.2) is 20.3 Å². The van der Waals surface area contributed by atoms with Crippen molar-refractivity contribution in [2.45, 2.75) is 47.3 Å². The Morgan fingerprint density at radius 1 is 1.24 bits per heavy atom. The maximum Gasteiger partial charge on any atom is 0.258 e. The van der Waals surface area contributed by atoms with Gasteiger partial charge in [-0.3, -0.25) is 4.79 Å². The first-order valence-electron chi connectivity index (χ1n) is 12.2. The number of hydrogen-bond donors (Lipinski definition) is 2. The molecule has 4 rings (SSSR count). The van der Waals surface area contributed by atoms with Gasteiger partial charge in [0.1, 0.15) is 5.15 Å². The van der Waals surface area contributed by atoms with Gasteiger partial charge in [0.25, 0.3) is 5.56 Å². The topological polar surface area (TPSA) is 80.5 Å². The van der Waals surface area contributed by atoms with E-state index in [1.165, 1.54) is 6.42 Å². The van der Waals surface area contributed by atoms with E-state index in [0.717, 1.165) is 38.5 Å². The van der Waals surface area contributed by atoms with Crippen molar-refractivity contribution in [2.24, 2.45) is 12.0 Å². The number of aryl methyl sites for hydroxylation is 1. The lowest BCUT2D eigenvalue weighted by Gasteiger charge is -2.12. The van der Waals surface area contributed by atoms with Crippen LogP contribution in [0.25, 0.3) is 23.3 Å². The van der Waals surface area contributed by atoms with E-state index in [-0.39, 0.29) is 5.56 Å². The molecule has 194 valence electrons. The van der Waals surface area contributed by atoms with E-state index < -0.39 is 6.23 Å². The number of hydrogen-bond acceptors (Lipinski definition) is 6. The molecule has 8 heteroatoms. The Balaban J connectivity index is 0.00000121. The third-order valence-electron chi connectivity index (χ3n) is 5.53. The van der Waals surface area contributed by atoms with Gasteiger partial charge in [0.2, 0.25) is 12.2 Å². The SMILES string of the molecule is C=C(C)/C=c1\c(=C/C)cc(-c2cc(NC3=NC(c4ccc(Cl)nc4)ON3)ccc2C)c(=O)n1C.CCC. The van der Waals surface area contributed by atoms with Crippen molar-refractivity contribution in [3.63, 3.8) is 0 Å². The van der Waals surface area contributed by atoms with Gasteiger partial charge in [0.15, 0.2) is 0 Å². The van der Waals surface area contributed by atoms with Crippen molar-refractivity contribution in [2.75, 3.05) is 5.32 Å². The van der Waals surface area contributed by atoms with Crippen molar-refractivity contribution in [1.29, 1.82) is 0 Å². The molecule has 2 aromatic heterocycles. The van der Waals surface area contributed by atoms with Crippen LogP contribution in [0.4, 0.5) is 5.69 Å². The largest absolute Gasteiger partial charge is 0.325 e. The third-order valence-corrected chi connectivity index (χ3v) is 5.75. The summed E-state index contributed by atoms with van der Waals surface area (Å²) in [6, 6.07) is 11.3. The van der Waals surface area contributed by atoms with Crippen LogP contribution >= 0.6 is 11.6 Å². The molecule has 0 aliphatic carbocycles. The van der Waals surface area contributed by atoms with Gasteiger partial charge in [-0.05, 0) is 73.5 Å². The number of nitrogens with one attached hydrogen (secondary N) is 2. The van der Waals surface area contributed by atoms with Crippen molar-refractivity contribution < 1.29 is 4.84 Å². The molecular formula is C29H34ClN5O2. The smallest absolute Gasteiger partial charge is 0.258 e. The van der Waals surface area contributed by atoms with E-state index in [1.807, 2.05) is 63.3 Å². The van der Waals surface area contributed by atoms with Crippen LogP contribution in [-0.4, -0.2) is 15.5 Å². The predicted molar refractivity (Wildman–Crippen MR) is 154 cm³/mol. The Kier molecular flexibility index (Phi) is 9.44. The van der Waals surface area contributed by atoms with Crippen molar-refractivity contribution in [3.05, 3.63) is 91.9 Å². The first-order valence-corrected chi connectivity index (χ1v) is 12.6. The molecule has 0 radical (unpaired) electrons. The van der Waals surface area contributed by atoms with Crippen LogP contribution in [0.1, 0.15) is 51.5 Å². The lowest BCUT2D eigenvalue weighted by Crippen LogP contribution is -2.42. The zero-order valence-electron chi connectivity index (χ0n) is 22.2. The first kappa shape index (κ1) is 27.9. The number of benzene rings is 1. The molecule has 0 bridgehead atoms. The lowest BCUT2D eigenvalue weighted by atomic mass is 10.00. The average Bonchev–Trinajstić information content (AvgIpc) is 3.33. The molecule has 1 aliphatic rings. The normalized spacial score (nSPS) is 15.5. The van der Waals surface area contributed by atoms with Gasteiger partial charge in [0.05, 0.1) is 5.35 Å². The first-order chi connectivity index (χ1) is 17.7. The summed E-state index contributed by atoms with van der Waals surface area (Å²) in [4.78, 5) is 27.4. The summed E-state index contributed by atoms with van der Waals surface area (Å²) in [6.45, 7) is 14.1. The summed E-state index contributed by atoms with van der Waals surface area (Å²) in [5.74, 6) is 0.455. The fourth-order valence-corrected chi connectivity index (χ4v) is 3.87. The summed E-state index contributed by atoms with van der Waals surface area (Å²) in [5, 5.41) is 5.43. The van der Waals surface area contributed by atoms with Crippen LogP contribution in [0.2, 0.25) is 5.15 Å². The van der Waals surface area contributed by atoms with E-state index in [9.17, 15) is 4.79 Å². The Morgan fingerprint density at radius 3 is 2.59 bits per heavy atom. The number of aliphatic imine (C=N–C) groups is 1. The van der Waals surface area contributed by atoms with Gasteiger partial charge in [-0.1, -0.05) is 56.2 Å². The minimum absolute atomic E-state index is 0.0756. The molecule has 0 fully saturated rings. The van der Waals surface area contributed by atoms with Crippen LogP contribution in [0.15, 0.2) is 64.5 Å². The molecule has 0 spiro atoms. The van der Waals surface area contributed by atoms with Gasteiger partial charge < -0.3 is 9.88 Å². The molecule has 37 heavy (non-hydrogen) atoms. The molecule has 0 amide bonds. The zero-order chi connectivity index (χ0) is 27.1. The van der Waals surface area contributed by atoms with E-state index >= 15 is 0 Å². The van der Waals surface area contributed by atoms with Crippen LogP contribution in [0, 0.1) is 6.92 Å². The number of rotatable bonds is 4. The Morgan fingerprint density at radius 2 is 1.97 bits per heavy atom. The number of guanidine groups is 1. The molecule has 1 aliphatic heterocycles. The quantitative estimate of drug-likeness (QED) is 0.475. The van der Waals surface area contributed by atoms with Crippen molar-refractivity contribution in [1.82, 2.24) is 15.0 Å². The number of aromatic nitrogens is 2. The molecule has 3 heterocycles. The average molecular weight is 520 g/mol.